The maximum absolute atomic E-state index is 12.4. The van der Waals surface area contributed by atoms with Gasteiger partial charge in [-0.15, -0.1) is 0 Å². The molecule has 0 radical (unpaired) electrons. The van der Waals surface area contributed by atoms with E-state index < -0.39 is 0 Å². The van der Waals surface area contributed by atoms with Gasteiger partial charge in [0.05, 0.1) is 43.1 Å². The zero-order valence-electron chi connectivity index (χ0n) is 18.1. The monoisotopic (exact) mass is 422 g/mol. The van der Waals surface area contributed by atoms with Crippen LogP contribution in [-0.2, 0) is 11.2 Å². The molecule has 3 rings (SSSR count). The minimum absolute atomic E-state index is 0.145. The molecular weight excluding hydrogens is 396 g/mol. The minimum Gasteiger partial charge on any atom is -0.493 e. The second-order valence-electron chi connectivity index (χ2n) is 7.07. The van der Waals surface area contributed by atoms with Crippen LogP contribution in [-0.4, -0.2) is 49.1 Å². The van der Waals surface area contributed by atoms with Crippen LogP contribution < -0.4 is 20.1 Å². The molecule has 0 bridgehead atoms. The van der Waals surface area contributed by atoms with Crippen LogP contribution in [0.25, 0.3) is 11.0 Å². The number of ether oxygens (including phenoxy) is 2. The highest BCUT2D eigenvalue weighted by Crippen LogP contribution is 2.27. The summed E-state index contributed by atoms with van der Waals surface area (Å²) in [5.41, 5.74) is 4.44. The van der Waals surface area contributed by atoms with Gasteiger partial charge in [0.25, 0.3) is 5.91 Å². The Morgan fingerprint density at radius 1 is 0.839 bits per heavy atom. The van der Waals surface area contributed by atoms with Crippen LogP contribution in [0.3, 0.4) is 0 Å². The number of carbonyl (C=O) groups excluding carboxylic acids is 2. The largest absolute Gasteiger partial charge is 0.493 e. The van der Waals surface area contributed by atoms with Crippen molar-refractivity contribution < 1.29 is 19.1 Å². The Morgan fingerprint density at radius 2 is 1.52 bits per heavy atom. The summed E-state index contributed by atoms with van der Waals surface area (Å²) in [6, 6.07) is 10.6. The molecule has 0 atom stereocenters. The average Bonchev–Trinajstić information content (AvgIpc) is 2.77. The fourth-order valence-electron chi connectivity index (χ4n) is 3.09. The highest BCUT2D eigenvalue weighted by Gasteiger charge is 2.10. The number of benzene rings is 2. The third kappa shape index (κ3) is 5.48. The van der Waals surface area contributed by atoms with Crippen molar-refractivity contribution in [2.45, 2.75) is 20.3 Å². The lowest BCUT2D eigenvalue weighted by Crippen LogP contribution is -2.35. The molecule has 0 spiro atoms. The maximum atomic E-state index is 12.4. The molecule has 2 aromatic carbocycles. The molecule has 162 valence electrons. The summed E-state index contributed by atoms with van der Waals surface area (Å²) in [5.74, 6) is 0.814. The highest BCUT2D eigenvalue weighted by atomic mass is 16.5. The Bertz CT molecular complexity index is 1110. The van der Waals surface area contributed by atoms with Crippen LogP contribution in [0.4, 0.5) is 0 Å². The molecule has 31 heavy (non-hydrogen) atoms. The Labute approximate surface area is 181 Å². The van der Waals surface area contributed by atoms with Crippen LogP contribution in [0.1, 0.15) is 27.3 Å². The van der Waals surface area contributed by atoms with Gasteiger partial charge in [0.1, 0.15) is 0 Å². The van der Waals surface area contributed by atoms with E-state index in [1.54, 1.807) is 44.6 Å². The van der Waals surface area contributed by atoms with E-state index >= 15 is 0 Å². The summed E-state index contributed by atoms with van der Waals surface area (Å²) in [7, 11) is 3.11. The number of aryl methyl sites for hydroxylation is 2. The summed E-state index contributed by atoms with van der Waals surface area (Å²) in [6.45, 7) is 4.43. The summed E-state index contributed by atoms with van der Waals surface area (Å²) in [5, 5.41) is 5.60. The molecule has 0 unspecified atom stereocenters. The van der Waals surface area contributed by atoms with Crippen molar-refractivity contribution in [2.24, 2.45) is 0 Å². The van der Waals surface area contributed by atoms with Crippen LogP contribution in [0, 0.1) is 13.8 Å². The molecule has 8 nitrogen and oxygen atoms in total. The van der Waals surface area contributed by atoms with Gasteiger partial charge in [-0.05, 0) is 49.7 Å². The topological polar surface area (TPSA) is 102 Å². The lowest BCUT2D eigenvalue weighted by atomic mass is 10.1. The molecule has 0 aliphatic rings. The smallest absolute Gasteiger partial charge is 0.251 e. The fraction of sp³-hybridized carbons (Fsp3) is 0.304. The number of methoxy groups -OCH3 is 2. The summed E-state index contributed by atoms with van der Waals surface area (Å²) in [6.07, 6.45) is 0.205. The Hall–Kier alpha value is -3.68. The second-order valence-corrected chi connectivity index (χ2v) is 7.07. The number of amides is 2. The van der Waals surface area contributed by atoms with E-state index in [0.29, 0.717) is 35.7 Å². The maximum Gasteiger partial charge on any atom is 0.251 e. The van der Waals surface area contributed by atoms with Crippen LogP contribution in [0.5, 0.6) is 11.5 Å². The normalized spacial score (nSPS) is 10.6. The highest BCUT2D eigenvalue weighted by molar-refractivity contribution is 5.97. The standard InChI is InChI=1S/C23H26N4O4/c1-14-15(2)27-19-13-17(6-7-18(19)26-14)23(29)25-10-9-24-22(28)12-16-5-8-20(30-3)21(11-16)31-4/h5-8,11,13H,9-10,12H2,1-4H3,(H,24,28)(H,25,29). The van der Waals surface area contributed by atoms with E-state index in [9.17, 15) is 9.59 Å². The van der Waals surface area contributed by atoms with E-state index in [0.717, 1.165) is 22.5 Å². The van der Waals surface area contributed by atoms with Gasteiger partial charge in [-0.1, -0.05) is 6.07 Å². The number of rotatable bonds is 8. The molecule has 0 aliphatic heterocycles. The van der Waals surface area contributed by atoms with Gasteiger partial charge in [-0.25, -0.2) is 9.97 Å². The third-order valence-corrected chi connectivity index (χ3v) is 4.88. The first-order valence-electron chi connectivity index (χ1n) is 9.92. The predicted molar refractivity (Wildman–Crippen MR) is 118 cm³/mol. The van der Waals surface area contributed by atoms with E-state index in [1.807, 2.05) is 19.9 Å². The van der Waals surface area contributed by atoms with E-state index in [4.69, 9.17) is 9.47 Å². The molecule has 8 heteroatoms. The molecule has 1 aromatic heterocycles. The molecular formula is C23H26N4O4. The van der Waals surface area contributed by atoms with Gasteiger partial charge in [0.2, 0.25) is 5.91 Å². The number of carbonyl (C=O) groups is 2. The summed E-state index contributed by atoms with van der Waals surface area (Å²) < 4.78 is 10.4. The summed E-state index contributed by atoms with van der Waals surface area (Å²) in [4.78, 5) is 33.5. The quantitative estimate of drug-likeness (QED) is 0.540. The number of fused-ring (bicyclic) bond motifs is 1. The van der Waals surface area contributed by atoms with Gasteiger partial charge in [-0.2, -0.15) is 0 Å². The Balaban J connectivity index is 1.49. The molecule has 0 saturated heterocycles. The average molecular weight is 422 g/mol. The molecule has 0 fully saturated rings. The van der Waals surface area contributed by atoms with E-state index in [1.165, 1.54) is 0 Å². The molecule has 2 amide bonds. The third-order valence-electron chi connectivity index (χ3n) is 4.88. The number of hydrogen-bond acceptors (Lipinski definition) is 6. The van der Waals surface area contributed by atoms with Crippen molar-refractivity contribution in [3.05, 3.63) is 58.9 Å². The molecule has 0 saturated carbocycles. The van der Waals surface area contributed by atoms with E-state index in [2.05, 4.69) is 20.6 Å². The van der Waals surface area contributed by atoms with Crippen molar-refractivity contribution in [1.82, 2.24) is 20.6 Å². The van der Waals surface area contributed by atoms with Crippen molar-refractivity contribution in [3.63, 3.8) is 0 Å². The lowest BCUT2D eigenvalue weighted by Gasteiger charge is -2.10. The van der Waals surface area contributed by atoms with Crippen LogP contribution in [0.2, 0.25) is 0 Å². The summed E-state index contributed by atoms with van der Waals surface area (Å²) >= 11 is 0. The Morgan fingerprint density at radius 3 is 2.23 bits per heavy atom. The van der Waals surface area contributed by atoms with Gasteiger partial charge in [-0.3, -0.25) is 9.59 Å². The Kier molecular flexibility index (Phi) is 7.02. The first kappa shape index (κ1) is 22.0. The van der Waals surface area contributed by atoms with Gasteiger partial charge in [0.15, 0.2) is 11.5 Å². The van der Waals surface area contributed by atoms with E-state index in [-0.39, 0.29) is 18.2 Å². The van der Waals surface area contributed by atoms with Crippen LogP contribution >= 0.6 is 0 Å². The first-order chi connectivity index (χ1) is 14.9. The fourth-order valence-corrected chi connectivity index (χ4v) is 3.09. The van der Waals surface area contributed by atoms with Crippen molar-refractivity contribution in [2.75, 3.05) is 27.3 Å². The van der Waals surface area contributed by atoms with Crippen LogP contribution in [0.15, 0.2) is 36.4 Å². The molecule has 3 aromatic rings. The molecule has 2 N–H and O–H groups in total. The second kappa shape index (κ2) is 9.88. The van der Waals surface area contributed by atoms with Crippen molar-refractivity contribution in [1.29, 1.82) is 0 Å². The first-order valence-corrected chi connectivity index (χ1v) is 9.92. The number of aromatic nitrogens is 2. The predicted octanol–water partition coefficient (Wildman–Crippen LogP) is 2.35. The molecule has 0 aliphatic carbocycles. The molecule has 1 heterocycles. The van der Waals surface area contributed by atoms with Crippen molar-refractivity contribution in [3.8, 4) is 11.5 Å². The number of nitrogens with one attached hydrogen (secondary N) is 2. The lowest BCUT2D eigenvalue weighted by molar-refractivity contribution is -0.120. The number of hydrogen-bond donors (Lipinski definition) is 2. The van der Waals surface area contributed by atoms with Crippen molar-refractivity contribution >= 4 is 22.8 Å². The minimum atomic E-state index is -0.226. The van der Waals surface area contributed by atoms with Gasteiger partial charge >= 0.3 is 0 Å². The SMILES string of the molecule is COc1ccc(CC(=O)NCCNC(=O)c2ccc3nc(C)c(C)nc3c2)cc1OC. The zero-order chi connectivity index (χ0) is 22.4. The van der Waals surface area contributed by atoms with Gasteiger partial charge < -0.3 is 20.1 Å². The zero-order valence-corrected chi connectivity index (χ0v) is 18.1. The number of nitrogens with zero attached hydrogens (tertiary/aromatic N) is 2. The van der Waals surface area contributed by atoms with Gasteiger partial charge in [0, 0.05) is 18.7 Å².